The van der Waals surface area contributed by atoms with Crippen molar-refractivity contribution in [3.63, 3.8) is 0 Å². The second-order valence-electron chi connectivity index (χ2n) is 7.24. The zero-order valence-electron chi connectivity index (χ0n) is 15.9. The minimum absolute atomic E-state index is 0.00490. The molecule has 0 radical (unpaired) electrons. The molecule has 0 saturated heterocycles. The summed E-state index contributed by atoms with van der Waals surface area (Å²) >= 11 is 0. The van der Waals surface area contributed by atoms with E-state index in [1.807, 2.05) is 34.6 Å². The minimum Gasteiger partial charge on any atom is -0.507 e. The van der Waals surface area contributed by atoms with E-state index in [1.54, 1.807) is 0 Å². The molecule has 0 amide bonds. The van der Waals surface area contributed by atoms with Crippen LogP contribution in [0.3, 0.4) is 0 Å². The summed E-state index contributed by atoms with van der Waals surface area (Å²) in [6.45, 7) is 9.93. The Morgan fingerprint density at radius 3 is 2.00 bits per heavy atom. The van der Waals surface area contributed by atoms with Gasteiger partial charge in [0.2, 0.25) is 0 Å². The zero-order valence-corrected chi connectivity index (χ0v) is 15.9. The normalized spacial score (nSPS) is 11.2. The predicted octanol–water partition coefficient (Wildman–Crippen LogP) is 4.73. The van der Waals surface area contributed by atoms with Gasteiger partial charge in [-0.25, -0.2) is 0 Å². The topological polar surface area (TPSA) is 83.8 Å². The monoisotopic (exact) mass is 350 g/mol. The van der Waals surface area contributed by atoms with Crippen LogP contribution in [0.4, 0.5) is 0 Å². The van der Waals surface area contributed by atoms with Gasteiger partial charge in [-0.3, -0.25) is 9.59 Å². The first-order valence-corrected chi connectivity index (χ1v) is 8.97. The van der Waals surface area contributed by atoms with E-state index >= 15 is 0 Å². The quantitative estimate of drug-likeness (QED) is 0.470. The number of aromatic hydroxyl groups is 2. The Labute approximate surface area is 150 Å². The molecular formula is C20H30O5. The molecule has 0 saturated carbocycles. The highest BCUT2D eigenvalue weighted by atomic mass is 16.5. The molecule has 1 rings (SSSR count). The fourth-order valence-electron chi connectivity index (χ4n) is 2.56. The molecule has 0 unspecified atom stereocenters. The summed E-state index contributed by atoms with van der Waals surface area (Å²) in [5.74, 6) is -1.20. The first kappa shape index (κ1) is 21.0. The molecule has 0 heterocycles. The molecule has 0 fully saturated rings. The molecule has 1 aromatic rings. The number of hydrogen-bond acceptors (Lipinski definition) is 5. The zero-order chi connectivity index (χ0) is 19.1. The lowest BCUT2D eigenvalue weighted by molar-refractivity contribution is 0.0959. The van der Waals surface area contributed by atoms with Gasteiger partial charge in [0.15, 0.2) is 11.6 Å². The van der Waals surface area contributed by atoms with Crippen molar-refractivity contribution in [2.75, 3.05) is 6.61 Å². The van der Waals surface area contributed by atoms with Crippen LogP contribution in [0.15, 0.2) is 6.07 Å². The summed E-state index contributed by atoms with van der Waals surface area (Å²) in [4.78, 5) is 25.0. The average Bonchev–Trinajstić information content (AvgIpc) is 2.45. The first-order valence-electron chi connectivity index (χ1n) is 8.97. The third kappa shape index (κ3) is 5.76. The smallest absolute Gasteiger partial charge is 0.170 e. The molecule has 0 spiro atoms. The number of carbonyl (C=O) groups excluding carboxylic acids is 2. The van der Waals surface area contributed by atoms with E-state index in [-0.39, 0.29) is 58.9 Å². The van der Waals surface area contributed by atoms with Crippen molar-refractivity contribution in [2.24, 2.45) is 11.8 Å². The van der Waals surface area contributed by atoms with Crippen molar-refractivity contribution in [1.29, 1.82) is 0 Å². The SMILES string of the molecule is CCCCOc1cc(O)c(C(=O)CC(C)C)c(O)c1C(=O)CC(C)C. The van der Waals surface area contributed by atoms with Crippen molar-refractivity contribution in [3.05, 3.63) is 17.2 Å². The van der Waals surface area contributed by atoms with Crippen molar-refractivity contribution in [2.45, 2.75) is 60.3 Å². The van der Waals surface area contributed by atoms with Crippen LogP contribution in [0, 0.1) is 11.8 Å². The lowest BCUT2D eigenvalue weighted by Gasteiger charge is -2.17. The van der Waals surface area contributed by atoms with E-state index < -0.39 is 5.75 Å². The average molecular weight is 350 g/mol. The summed E-state index contributed by atoms with van der Waals surface area (Å²) in [6.07, 6.45) is 2.10. The standard InChI is InChI=1S/C20H30O5/c1-6-7-8-25-17-11-16(23)18(14(21)9-12(2)3)20(24)19(17)15(22)10-13(4)5/h11-13,23-24H,6-10H2,1-5H3. The van der Waals surface area contributed by atoms with Crippen molar-refractivity contribution >= 4 is 11.6 Å². The minimum atomic E-state index is -0.470. The van der Waals surface area contributed by atoms with Crippen LogP contribution in [0.2, 0.25) is 0 Å². The van der Waals surface area contributed by atoms with Gasteiger partial charge in [0.1, 0.15) is 28.4 Å². The highest BCUT2D eigenvalue weighted by molar-refractivity contribution is 6.08. The predicted molar refractivity (Wildman–Crippen MR) is 97.7 cm³/mol. The van der Waals surface area contributed by atoms with Crippen LogP contribution in [0.1, 0.15) is 81.0 Å². The lowest BCUT2D eigenvalue weighted by Crippen LogP contribution is -2.12. The molecule has 1 aromatic carbocycles. The molecule has 5 heteroatoms. The fourth-order valence-corrected chi connectivity index (χ4v) is 2.56. The van der Waals surface area contributed by atoms with Gasteiger partial charge in [-0.1, -0.05) is 41.0 Å². The first-order chi connectivity index (χ1) is 11.7. The van der Waals surface area contributed by atoms with Gasteiger partial charge in [-0.05, 0) is 18.3 Å². The third-order valence-electron chi connectivity index (χ3n) is 3.74. The number of Topliss-reactive ketones (excluding diaryl/α,β-unsaturated/α-hetero) is 2. The second kappa shape index (κ2) is 9.44. The summed E-state index contributed by atoms with van der Waals surface area (Å²) in [7, 11) is 0. The van der Waals surface area contributed by atoms with Gasteiger partial charge < -0.3 is 14.9 Å². The molecule has 0 aliphatic rings. The van der Waals surface area contributed by atoms with Crippen LogP contribution < -0.4 is 4.74 Å². The number of rotatable bonds is 10. The van der Waals surface area contributed by atoms with Crippen LogP contribution in [0.5, 0.6) is 17.2 Å². The summed E-state index contributed by atoms with van der Waals surface area (Å²) in [5.41, 5.74) is -0.196. The molecule has 0 aromatic heterocycles. The van der Waals surface area contributed by atoms with Gasteiger partial charge >= 0.3 is 0 Å². The van der Waals surface area contributed by atoms with Gasteiger partial charge in [-0.15, -0.1) is 0 Å². The van der Waals surface area contributed by atoms with Gasteiger partial charge in [-0.2, -0.15) is 0 Å². The van der Waals surface area contributed by atoms with Gasteiger partial charge in [0.25, 0.3) is 0 Å². The van der Waals surface area contributed by atoms with E-state index in [0.717, 1.165) is 12.8 Å². The van der Waals surface area contributed by atoms with E-state index in [4.69, 9.17) is 4.74 Å². The maximum absolute atomic E-state index is 12.6. The number of unbranched alkanes of at least 4 members (excludes halogenated alkanes) is 1. The van der Waals surface area contributed by atoms with E-state index in [2.05, 4.69) is 0 Å². The number of phenolic OH excluding ortho intramolecular Hbond substituents is 2. The third-order valence-corrected chi connectivity index (χ3v) is 3.74. The van der Waals surface area contributed by atoms with E-state index in [1.165, 1.54) is 6.07 Å². The Morgan fingerprint density at radius 1 is 1.00 bits per heavy atom. The van der Waals surface area contributed by atoms with E-state index in [9.17, 15) is 19.8 Å². The second-order valence-corrected chi connectivity index (χ2v) is 7.24. The van der Waals surface area contributed by atoms with Crippen molar-refractivity contribution in [1.82, 2.24) is 0 Å². The number of carbonyl (C=O) groups is 2. The van der Waals surface area contributed by atoms with Crippen LogP contribution in [-0.4, -0.2) is 28.4 Å². The van der Waals surface area contributed by atoms with Crippen molar-refractivity contribution in [3.8, 4) is 17.2 Å². The molecule has 0 atom stereocenters. The van der Waals surface area contributed by atoms with E-state index in [0.29, 0.717) is 6.61 Å². The number of ether oxygens (including phenoxy) is 1. The van der Waals surface area contributed by atoms with Crippen LogP contribution in [0.25, 0.3) is 0 Å². The highest BCUT2D eigenvalue weighted by Gasteiger charge is 2.27. The van der Waals surface area contributed by atoms with Gasteiger partial charge in [0, 0.05) is 18.9 Å². The molecule has 0 aliphatic carbocycles. The highest BCUT2D eigenvalue weighted by Crippen LogP contribution is 2.40. The number of ketones is 2. The number of hydrogen-bond donors (Lipinski definition) is 2. The Hall–Kier alpha value is -2.04. The largest absolute Gasteiger partial charge is 0.507 e. The summed E-state index contributed by atoms with van der Waals surface area (Å²) in [6, 6.07) is 1.27. The number of benzene rings is 1. The Morgan fingerprint density at radius 2 is 1.52 bits per heavy atom. The van der Waals surface area contributed by atoms with Crippen LogP contribution in [-0.2, 0) is 0 Å². The molecule has 25 heavy (non-hydrogen) atoms. The molecule has 0 aliphatic heterocycles. The Balaban J connectivity index is 3.39. The lowest BCUT2D eigenvalue weighted by atomic mass is 9.93. The maximum Gasteiger partial charge on any atom is 0.170 e. The maximum atomic E-state index is 12.6. The summed E-state index contributed by atoms with van der Waals surface area (Å²) < 4.78 is 5.61. The number of phenols is 2. The fraction of sp³-hybridized carbons (Fsp3) is 0.600. The molecule has 0 bridgehead atoms. The van der Waals surface area contributed by atoms with Crippen LogP contribution >= 0.6 is 0 Å². The molecule has 2 N–H and O–H groups in total. The Kier molecular flexibility index (Phi) is 7.94. The molecular weight excluding hydrogens is 320 g/mol. The summed E-state index contributed by atoms with van der Waals surface area (Å²) in [5, 5.41) is 20.8. The van der Waals surface area contributed by atoms with Crippen molar-refractivity contribution < 1.29 is 24.5 Å². The molecule has 5 nitrogen and oxygen atoms in total. The Bertz CT molecular complexity index is 617. The van der Waals surface area contributed by atoms with Gasteiger partial charge in [0.05, 0.1) is 6.61 Å². The molecule has 140 valence electrons.